The number of carbonyl (C=O) groups is 4. The van der Waals surface area contributed by atoms with Crippen LogP contribution in [0.1, 0.15) is 53.9 Å². The second kappa shape index (κ2) is 18.1. The van der Waals surface area contributed by atoms with E-state index in [0.29, 0.717) is 18.5 Å². The Bertz CT molecular complexity index is 1020. The number of anilines is 1. The first-order valence-corrected chi connectivity index (χ1v) is 12.7. The topological polar surface area (TPSA) is 258 Å². The first-order chi connectivity index (χ1) is 18.5. The van der Waals surface area contributed by atoms with E-state index in [0.717, 1.165) is 6.92 Å². The number of aliphatic imine (C=N–C) groups is 1. The third-order valence-corrected chi connectivity index (χ3v) is 5.29. The molecule has 0 aliphatic carbocycles. The molecule has 3 amide bonds. The average molecular weight is 567 g/mol. The molecule has 0 radical (unpaired) electrons. The summed E-state index contributed by atoms with van der Waals surface area (Å²) in [5, 5.41) is 26.3. The Kier molecular flexibility index (Phi) is 16.2. The van der Waals surface area contributed by atoms with E-state index < -0.39 is 46.7 Å². The minimum atomic E-state index is -0.979. The van der Waals surface area contributed by atoms with Crippen molar-refractivity contribution >= 4 is 41.0 Å². The van der Waals surface area contributed by atoms with Gasteiger partial charge in [-0.05, 0) is 43.2 Å². The van der Waals surface area contributed by atoms with Crippen LogP contribution in [0.5, 0.6) is 0 Å². The molecule has 0 fully saturated rings. The second-order valence-corrected chi connectivity index (χ2v) is 9.78. The maximum atomic E-state index is 13.1. The van der Waals surface area contributed by atoms with Crippen LogP contribution >= 0.6 is 0 Å². The van der Waals surface area contributed by atoms with Crippen molar-refractivity contribution < 1.29 is 29.2 Å². The minimum Gasteiger partial charge on any atom is -0.481 e. The summed E-state index contributed by atoms with van der Waals surface area (Å²) in [6.07, 6.45) is 0.929. The molecule has 0 saturated carbocycles. The number of hydrogen-bond donors (Lipinski definition) is 7. The zero-order valence-corrected chi connectivity index (χ0v) is 23.5. The van der Waals surface area contributed by atoms with Gasteiger partial charge in [-0.25, -0.2) is 0 Å². The number of guanidine groups is 1. The number of nitrogens with zero attached hydrogens (tertiary/aromatic N) is 2. The number of aliphatic carboxylic acids is 1. The highest BCUT2D eigenvalue weighted by atomic mass is 16.6. The third-order valence-electron chi connectivity index (χ3n) is 5.29. The smallest absolute Gasteiger partial charge is 0.300 e. The van der Waals surface area contributed by atoms with Crippen LogP contribution in [0, 0.1) is 22.0 Å². The minimum absolute atomic E-state index is 0.0746. The number of hydrogen-bond acceptors (Lipinski definition) is 8. The number of carboxylic acid groups (broad SMARTS) is 1. The van der Waals surface area contributed by atoms with Crippen LogP contribution in [0.3, 0.4) is 0 Å². The van der Waals surface area contributed by atoms with Gasteiger partial charge in [-0.15, -0.1) is 0 Å². The summed E-state index contributed by atoms with van der Waals surface area (Å²) >= 11 is 0. The molecular weight excluding hydrogens is 524 g/mol. The number of rotatable bonds is 14. The van der Waals surface area contributed by atoms with Crippen molar-refractivity contribution in [3.8, 4) is 0 Å². The van der Waals surface area contributed by atoms with Crippen molar-refractivity contribution in [2.45, 2.75) is 72.0 Å². The number of carbonyl (C=O) groups excluding carboxylic acids is 3. The van der Waals surface area contributed by atoms with Crippen molar-refractivity contribution in [1.29, 1.82) is 0 Å². The molecule has 0 spiro atoms. The number of nitrogens with two attached hydrogens (primary N) is 3. The Balaban J connectivity index is 0.00000354. The van der Waals surface area contributed by atoms with Gasteiger partial charge in [-0.3, -0.25) is 34.3 Å². The fourth-order valence-corrected chi connectivity index (χ4v) is 3.21. The predicted octanol–water partition coefficient (Wildman–Crippen LogP) is 0.677. The molecular formula is C25H42N8O7. The standard InChI is InChI=1S/C23H38N8O5.C2H4O2/c1-13(2)12-18(30-22(34)19(24)14(3)4)21(33)29-17(6-5-11-27-23(25)26)20(32)28-15-7-9-16(10-8-15)31(35)36;1-2(3)4/h7-10,13-14,17-19H,5-6,11-12,24H2,1-4H3,(H,28,32)(H,29,33)(H,30,34)(H4,25,26,27);1H3,(H,3,4). The van der Waals surface area contributed by atoms with Crippen LogP contribution < -0.4 is 33.2 Å². The van der Waals surface area contributed by atoms with Gasteiger partial charge < -0.3 is 38.3 Å². The van der Waals surface area contributed by atoms with E-state index >= 15 is 0 Å². The number of benzene rings is 1. The molecule has 0 bridgehead atoms. The second-order valence-electron chi connectivity index (χ2n) is 9.78. The maximum Gasteiger partial charge on any atom is 0.300 e. The van der Waals surface area contributed by atoms with E-state index in [1.54, 1.807) is 13.8 Å². The summed E-state index contributed by atoms with van der Waals surface area (Å²) in [6.45, 7) is 8.74. The van der Waals surface area contributed by atoms with Crippen LogP contribution in [0.15, 0.2) is 29.3 Å². The number of non-ortho nitro benzene ring substituents is 1. The van der Waals surface area contributed by atoms with E-state index in [1.807, 2.05) is 13.8 Å². The molecule has 1 aromatic carbocycles. The van der Waals surface area contributed by atoms with Gasteiger partial charge in [0.2, 0.25) is 17.7 Å². The molecule has 0 saturated heterocycles. The quantitative estimate of drug-likeness (QED) is 0.0544. The van der Waals surface area contributed by atoms with Crippen LogP contribution in [0.25, 0.3) is 0 Å². The van der Waals surface area contributed by atoms with Gasteiger partial charge in [0, 0.05) is 31.3 Å². The molecule has 15 nitrogen and oxygen atoms in total. The van der Waals surface area contributed by atoms with Crippen molar-refractivity contribution in [1.82, 2.24) is 10.6 Å². The first kappa shape index (κ1) is 35.7. The summed E-state index contributed by atoms with van der Waals surface area (Å²) in [6, 6.07) is 2.64. The molecule has 0 heterocycles. The van der Waals surface area contributed by atoms with Crippen molar-refractivity contribution in [3.63, 3.8) is 0 Å². The fourth-order valence-electron chi connectivity index (χ4n) is 3.21. The summed E-state index contributed by atoms with van der Waals surface area (Å²) in [4.78, 5) is 61.9. The van der Waals surface area contributed by atoms with Gasteiger partial charge in [-0.2, -0.15) is 0 Å². The summed E-state index contributed by atoms with van der Waals surface area (Å²) in [5.41, 5.74) is 16.8. The molecule has 0 aliphatic rings. The molecule has 224 valence electrons. The molecule has 10 N–H and O–H groups in total. The number of nitro groups is 1. The zero-order chi connectivity index (χ0) is 31.0. The van der Waals surface area contributed by atoms with Gasteiger partial charge in [0.05, 0.1) is 11.0 Å². The molecule has 15 heteroatoms. The van der Waals surface area contributed by atoms with E-state index in [9.17, 15) is 24.5 Å². The monoisotopic (exact) mass is 566 g/mol. The van der Waals surface area contributed by atoms with E-state index in [1.165, 1.54) is 24.3 Å². The van der Waals surface area contributed by atoms with Crippen LogP contribution in [0.4, 0.5) is 11.4 Å². The SMILES string of the molecule is CC(=O)O.CC(C)CC(NC(=O)C(N)C(C)C)C(=O)NC(CCCN=C(N)N)C(=O)Nc1ccc([N+](=O)[O-])cc1. The molecule has 0 aromatic heterocycles. The maximum absolute atomic E-state index is 13.1. The van der Waals surface area contributed by atoms with Crippen molar-refractivity contribution in [2.24, 2.45) is 34.0 Å². The zero-order valence-electron chi connectivity index (χ0n) is 23.5. The van der Waals surface area contributed by atoms with Crippen LogP contribution in [-0.2, 0) is 19.2 Å². The Morgan fingerprint density at radius 3 is 1.95 bits per heavy atom. The van der Waals surface area contributed by atoms with Gasteiger partial charge in [0.25, 0.3) is 11.7 Å². The lowest BCUT2D eigenvalue weighted by atomic mass is 10.00. The van der Waals surface area contributed by atoms with Crippen LogP contribution in [0.2, 0.25) is 0 Å². The lowest BCUT2D eigenvalue weighted by molar-refractivity contribution is -0.384. The van der Waals surface area contributed by atoms with Gasteiger partial charge in [-0.1, -0.05) is 27.7 Å². The summed E-state index contributed by atoms with van der Waals surface area (Å²) in [5.74, 6) is -2.49. The number of nitro benzene ring substituents is 1. The highest BCUT2D eigenvalue weighted by Crippen LogP contribution is 2.16. The van der Waals surface area contributed by atoms with Crippen molar-refractivity contribution in [3.05, 3.63) is 34.4 Å². The normalized spacial score (nSPS) is 12.7. The van der Waals surface area contributed by atoms with E-state index in [-0.39, 0.29) is 36.4 Å². The Morgan fingerprint density at radius 2 is 1.50 bits per heavy atom. The number of amides is 3. The van der Waals surface area contributed by atoms with Gasteiger partial charge >= 0.3 is 0 Å². The Labute approximate surface area is 233 Å². The summed E-state index contributed by atoms with van der Waals surface area (Å²) in [7, 11) is 0. The number of carboxylic acids is 1. The molecule has 3 unspecified atom stereocenters. The highest BCUT2D eigenvalue weighted by Gasteiger charge is 2.29. The summed E-state index contributed by atoms with van der Waals surface area (Å²) < 4.78 is 0. The van der Waals surface area contributed by atoms with Gasteiger partial charge in [0.15, 0.2) is 5.96 Å². The lowest BCUT2D eigenvalue weighted by Gasteiger charge is -2.26. The predicted molar refractivity (Wildman–Crippen MR) is 151 cm³/mol. The fraction of sp³-hybridized carbons (Fsp3) is 0.560. The highest BCUT2D eigenvalue weighted by molar-refractivity contribution is 5.98. The molecule has 1 aromatic rings. The molecule has 3 atom stereocenters. The van der Waals surface area contributed by atoms with E-state index in [4.69, 9.17) is 27.1 Å². The Hall–Kier alpha value is -4.27. The third kappa shape index (κ3) is 15.2. The largest absolute Gasteiger partial charge is 0.481 e. The average Bonchev–Trinajstić information content (AvgIpc) is 2.84. The van der Waals surface area contributed by atoms with E-state index in [2.05, 4.69) is 20.9 Å². The molecule has 40 heavy (non-hydrogen) atoms. The van der Waals surface area contributed by atoms with Crippen molar-refractivity contribution in [2.75, 3.05) is 11.9 Å². The Morgan fingerprint density at radius 1 is 0.975 bits per heavy atom. The van der Waals surface area contributed by atoms with Crippen LogP contribution in [-0.4, -0.2) is 64.4 Å². The lowest BCUT2D eigenvalue weighted by Crippen LogP contribution is -2.56. The first-order valence-electron chi connectivity index (χ1n) is 12.7. The van der Waals surface area contributed by atoms with Gasteiger partial charge in [0.1, 0.15) is 12.1 Å². The molecule has 0 aliphatic heterocycles. The number of nitrogens with one attached hydrogen (secondary N) is 3. The molecule has 1 rings (SSSR count).